The molecule has 0 radical (unpaired) electrons. The van der Waals surface area contributed by atoms with Crippen LogP contribution in [0.4, 0.5) is 11.6 Å². The third kappa shape index (κ3) is 3.29. The minimum Gasteiger partial charge on any atom is -0.384 e. The largest absolute Gasteiger partial charge is 0.384 e. The van der Waals surface area contributed by atoms with Crippen LogP contribution in [0.3, 0.4) is 0 Å². The molecule has 0 aliphatic rings. The van der Waals surface area contributed by atoms with Crippen molar-refractivity contribution in [2.75, 3.05) is 18.1 Å². The van der Waals surface area contributed by atoms with Gasteiger partial charge in [-0.25, -0.2) is 9.97 Å². The summed E-state index contributed by atoms with van der Waals surface area (Å²) in [7, 11) is 1.81. The van der Waals surface area contributed by atoms with E-state index in [1.54, 1.807) is 35.3 Å². The molecule has 0 saturated carbocycles. The Hall–Kier alpha value is -4.11. The summed E-state index contributed by atoms with van der Waals surface area (Å²) in [6, 6.07) is 14.4. The Kier molecular flexibility index (Phi) is 4.48. The van der Waals surface area contributed by atoms with Gasteiger partial charge >= 0.3 is 0 Å². The van der Waals surface area contributed by atoms with E-state index in [9.17, 15) is 4.79 Å². The van der Waals surface area contributed by atoms with Gasteiger partial charge in [0, 0.05) is 53.7 Å². The van der Waals surface area contributed by atoms with Crippen molar-refractivity contribution < 1.29 is 0 Å². The van der Waals surface area contributed by atoms with Crippen LogP contribution in [0, 0.1) is 11.8 Å². The summed E-state index contributed by atoms with van der Waals surface area (Å²) in [5.74, 6) is 7.46. The topological polar surface area (TPSA) is 85.8 Å². The fourth-order valence-corrected chi connectivity index (χ4v) is 2.94. The third-order valence-electron chi connectivity index (χ3n) is 4.34. The van der Waals surface area contributed by atoms with Crippen molar-refractivity contribution in [1.29, 1.82) is 0 Å². The van der Waals surface area contributed by atoms with Crippen LogP contribution in [-0.4, -0.2) is 21.6 Å². The van der Waals surface area contributed by atoms with Gasteiger partial charge in [-0.1, -0.05) is 17.9 Å². The standard InChI is InChI=1S/C22H17N5O/c1-24-22-19-14-25-20(23)12-18(19)16(13-26-22)8-5-15-6-9-17(10-7-15)27-11-3-2-4-21(27)28/h2-4,6-7,9-14H,1H3,(H2,23,25)(H,24,26). The maximum atomic E-state index is 11.9. The van der Waals surface area contributed by atoms with Crippen LogP contribution in [0.25, 0.3) is 16.5 Å². The fraction of sp³-hybridized carbons (Fsp3) is 0.0455. The smallest absolute Gasteiger partial charge is 0.255 e. The van der Waals surface area contributed by atoms with Crippen LogP contribution in [0.5, 0.6) is 0 Å². The van der Waals surface area contributed by atoms with Gasteiger partial charge in [0.2, 0.25) is 0 Å². The van der Waals surface area contributed by atoms with Crippen LogP contribution in [0.1, 0.15) is 11.1 Å². The number of nitrogens with zero attached hydrogens (tertiary/aromatic N) is 3. The molecule has 28 heavy (non-hydrogen) atoms. The molecule has 0 amide bonds. The van der Waals surface area contributed by atoms with Crippen LogP contribution >= 0.6 is 0 Å². The van der Waals surface area contributed by atoms with Crippen molar-refractivity contribution in [3.8, 4) is 17.5 Å². The van der Waals surface area contributed by atoms with Crippen LogP contribution in [0.15, 0.2) is 71.9 Å². The Bertz CT molecular complexity index is 1280. The van der Waals surface area contributed by atoms with Gasteiger partial charge in [-0.3, -0.25) is 9.36 Å². The summed E-state index contributed by atoms with van der Waals surface area (Å²) in [6.07, 6.45) is 5.15. The van der Waals surface area contributed by atoms with Gasteiger partial charge in [0.15, 0.2) is 0 Å². The molecule has 4 aromatic rings. The predicted octanol–water partition coefficient (Wildman–Crippen LogP) is 2.80. The molecular weight excluding hydrogens is 350 g/mol. The second-order valence-corrected chi connectivity index (χ2v) is 6.13. The summed E-state index contributed by atoms with van der Waals surface area (Å²) in [6.45, 7) is 0. The summed E-state index contributed by atoms with van der Waals surface area (Å²) < 4.78 is 1.58. The van der Waals surface area contributed by atoms with Crippen molar-refractivity contribution in [3.63, 3.8) is 0 Å². The zero-order chi connectivity index (χ0) is 19.5. The Morgan fingerprint density at radius 1 is 1.00 bits per heavy atom. The number of rotatable bonds is 2. The lowest BCUT2D eigenvalue weighted by molar-refractivity contribution is 0.990. The SMILES string of the molecule is CNc1ncc(C#Cc2ccc(-n3ccccc3=O)cc2)c2cc(N)ncc12. The number of pyridine rings is 3. The Morgan fingerprint density at radius 3 is 2.57 bits per heavy atom. The number of fused-ring (bicyclic) bond motifs is 1. The second-order valence-electron chi connectivity index (χ2n) is 6.13. The molecule has 3 N–H and O–H groups in total. The first-order valence-electron chi connectivity index (χ1n) is 8.68. The molecule has 3 aromatic heterocycles. The maximum absolute atomic E-state index is 11.9. The number of anilines is 2. The third-order valence-corrected chi connectivity index (χ3v) is 4.34. The average molecular weight is 367 g/mol. The molecule has 4 rings (SSSR count). The van der Waals surface area contributed by atoms with Crippen LogP contribution in [0.2, 0.25) is 0 Å². The number of nitrogens with one attached hydrogen (secondary N) is 1. The molecule has 1 aromatic carbocycles. The number of hydrogen-bond donors (Lipinski definition) is 2. The monoisotopic (exact) mass is 367 g/mol. The van der Waals surface area contributed by atoms with E-state index in [1.165, 1.54) is 6.07 Å². The molecular formula is C22H17N5O. The maximum Gasteiger partial charge on any atom is 0.255 e. The van der Waals surface area contributed by atoms with Crippen molar-refractivity contribution >= 4 is 22.4 Å². The van der Waals surface area contributed by atoms with Gasteiger partial charge in [0.05, 0.1) is 5.56 Å². The van der Waals surface area contributed by atoms with E-state index in [4.69, 9.17) is 5.73 Å². The van der Waals surface area contributed by atoms with Gasteiger partial charge < -0.3 is 11.1 Å². The minimum absolute atomic E-state index is 0.0744. The zero-order valence-corrected chi connectivity index (χ0v) is 15.2. The highest BCUT2D eigenvalue weighted by Gasteiger charge is 2.06. The van der Waals surface area contributed by atoms with Gasteiger partial charge in [0.25, 0.3) is 5.56 Å². The van der Waals surface area contributed by atoms with E-state index < -0.39 is 0 Å². The van der Waals surface area contributed by atoms with Gasteiger partial charge in [0.1, 0.15) is 11.6 Å². The molecule has 0 spiro atoms. The number of aromatic nitrogens is 3. The normalized spacial score (nSPS) is 10.3. The molecule has 0 atom stereocenters. The van der Waals surface area contributed by atoms with Gasteiger partial charge in [-0.05, 0) is 36.4 Å². The highest BCUT2D eigenvalue weighted by Crippen LogP contribution is 2.24. The van der Waals surface area contributed by atoms with Crippen molar-refractivity contribution in [1.82, 2.24) is 14.5 Å². The van der Waals surface area contributed by atoms with Crippen LogP contribution in [-0.2, 0) is 0 Å². The second kappa shape index (κ2) is 7.25. The molecule has 0 saturated heterocycles. The van der Waals surface area contributed by atoms with Gasteiger partial charge in [-0.2, -0.15) is 0 Å². The minimum atomic E-state index is -0.0744. The van der Waals surface area contributed by atoms with E-state index in [2.05, 4.69) is 27.1 Å². The quantitative estimate of drug-likeness (QED) is 0.532. The molecule has 6 nitrogen and oxygen atoms in total. The number of nitrogen functional groups attached to an aromatic ring is 1. The number of benzene rings is 1. The summed E-state index contributed by atoms with van der Waals surface area (Å²) in [5, 5.41) is 4.81. The molecule has 6 heteroatoms. The molecule has 0 bridgehead atoms. The first kappa shape index (κ1) is 17.3. The number of nitrogens with two attached hydrogens (primary N) is 1. The summed E-state index contributed by atoms with van der Waals surface area (Å²) >= 11 is 0. The first-order valence-corrected chi connectivity index (χ1v) is 8.68. The molecule has 0 fully saturated rings. The molecule has 0 unspecified atom stereocenters. The highest BCUT2D eigenvalue weighted by atomic mass is 16.1. The van der Waals surface area contributed by atoms with Gasteiger partial charge in [-0.15, -0.1) is 0 Å². The van der Waals surface area contributed by atoms with Crippen molar-refractivity contribution in [3.05, 3.63) is 88.6 Å². The molecule has 3 heterocycles. The molecule has 0 aliphatic heterocycles. The predicted molar refractivity (Wildman–Crippen MR) is 112 cm³/mol. The van der Waals surface area contributed by atoms with E-state index in [-0.39, 0.29) is 5.56 Å². The summed E-state index contributed by atoms with van der Waals surface area (Å²) in [4.78, 5) is 20.5. The Balaban J connectivity index is 1.71. The molecule has 136 valence electrons. The lowest BCUT2D eigenvalue weighted by Gasteiger charge is -2.07. The summed E-state index contributed by atoms with van der Waals surface area (Å²) in [5.41, 5.74) is 8.17. The van der Waals surface area contributed by atoms with E-state index in [1.807, 2.05) is 37.4 Å². The number of hydrogen-bond acceptors (Lipinski definition) is 5. The fourth-order valence-electron chi connectivity index (χ4n) is 2.94. The van der Waals surface area contributed by atoms with Crippen molar-refractivity contribution in [2.45, 2.75) is 0 Å². The van der Waals surface area contributed by atoms with E-state index >= 15 is 0 Å². The molecule has 0 aliphatic carbocycles. The van der Waals surface area contributed by atoms with Crippen LogP contribution < -0.4 is 16.6 Å². The highest BCUT2D eigenvalue weighted by molar-refractivity contribution is 5.96. The Morgan fingerprint density at radius 2 is 1.82 bits per heavy atom. The zero-order valence-electron chi connectivity index (χ0n) is 15.2. The first-order chi connectivity index (χ1) is 13.7. The average Bonchev–Trinajstić information content (AvgIpc) is 2.72. The van der Waals surface area contributed by atoms with Crippen molar-refractivity contribution in [2.24, 2.45) is 0 Å². The Labute approximate surface area is 161 Å². The van der Waals surface area contributed by atoms with E-state index in [0.717, 1.165) is 33.4 Å². The lowest BCUT2D eigenvalue weighted by Crippen LogP contribution is -2.15. The van der Waals surface area contributed by atoms with E-state index in [0.29, 0.717) is 5.82 Å². The lowest BCUT2D eigenvalue weighted by atomic mass is 10.1.